The molecule has 0 aromatic carbocycles. The third-order valence-corrected chi connectivity index (χ3v) is 5.00. The van der Waals surface area contributed by atoms with E-state index in [1.807, 2.05) is 19.3 Å². The summed E-state index contributed by atoms with van der Waals surface area (Å²) in [6.45, 7) is 1.94. The maximum absolute atomic E-state index is 5.94. The fourth-order valence-corrected chi connectivity index (χ4v) is 3.29. The molecule has 1 saturated carbocycles. The smallest absolute Gasteiger partial charge is 0.222 e. The van der Waals surface area contributed by atoms with Crippen LogP contribution in [0.5, 0.6) is 0 Å². The molecule has 1 aliphatic heterocycles. The second-order valence-corrected chi connectivity index (χ2v) is 6.48. The van der Waals surface area contributed by atoms with Crippen molar-refractivity contribution in [3.63, 3.8) is 0 Å². The fourth-order valence-electron chi connectivity index (χ4n) is 3.29. The number of likely N-dealkylation sites (N-methyl/N-ethyl adjacent to an activating group) is 1. The van der Waals surface area contributed by atoms with Crippen molar-refractivity contribution in [3.05, 3.63) is 18.5 Å². The first-order chi connectivity index (χ1) is 11.2. The third-order valence-electron chi connectivity index (χ3n) is 5.00. The zero-order valence-electron chi connectivity index (χ0n) is 13.4. The molecule has 0 amide bonds. The molecule has 3 N–H and O–H groups in total. The van der Waals surface area contributed by atoms with Crippen LogP contribution in [-0.4, -0.2) is 45.9 Å². The van der Waals surface area contributed by atoms with Gasteiger partial charge in [0, 0.05) is 37.0 Å². The van der Waals surface area contributed by atoms with Gasteiger partial charge in [0.15, 0.2) is 0 Å². The molecule has 2 aromatic rings. The standard InChI is InChI=1S/C16H23N7/c1-18-12-5-6-22(10-12)15-7-14(20-16(17)21-15)11-8-19-23(9-11)13-3-2-4-13/h7-9,12-13,18H,2-6,10H2,1H3,(H2,17,20,21)/t12-/m1/s1. The summed E-state index contributed by atoms with van der Waals surface area (Å²) in [5, 5.41) is 7.81. The Morgan fingerprint density at radius 1 is 1.26 bits per heavy atom. The Morgan fingerprint density at radius 3 is 2.83 bits per heavy atom. The normalized spacial score (nSPS) is 21.6. The average molecular weight is 313 g/mol. The van der Waals surface area contributed by atoms with Gasteiger partial charge in [-0.05, 0) is 32.7 Å². The second kappa shape index (κ2) is 5.81. The summed E-state index contributed by atoms with van der Waals surface area (Å²) in [5.74, 6) is 1.23. The number of aromatic nitrogens is 4. The molecule has 2 fully saturated rings. The van der Waals surface area contributed by atoms with E-state index in [1.165, 1.54) is 19.3 Å². The van der Waals surface area contributed by atoms with Crippen LogP contribution in [-0.2, 0) is 0 Å². The maximum atomic E-state index is 5.94. The number of nitrogens with zero attached hydrogens (tertiary/aromatic N) is 5. The lowest BCUT2D eigenvalue weighted by molar-refractivity contribution is 0.289. The molecule has 1 atom stereocenters. The lowest BCUT2D eigenvalue weighted by atomic mass is 9.93. The van der Waals surface area contributed by atoms with Gasteiger partial charge in [-0.15, -0.1) is 0 Å². The van der Waals surface area contributed by atoms with Crippen LogP contribution in [0, 0.1) is 0 Å². The predicted molar refractivity (Wildman–Crippen MR) is 90.2 cm³/mol. The number of rotatable bonds is 4. The van der Waals surface area contributed by atoms with Crippen molar-refractivity contribution in [2.45, 2.75) is 37.8 Å². The third kappa shape index (κ3) is 2.76. The molecule has 7 heteroatoms. The van der Waals surface area contributed by atoms with E-state index in [9.17, 15) is 0 Å². The molecule has 2 aliphatic rings. The number of anilines is 2. The van der Waals surface area contributed by atoms with Gasteiger partial charge in [0.2, 0.25) is 5.95 Å². The van der Waals surface area contributed by atoms with Gasteiger partial charge >= 0.3 is 0 Å². The first-order valence-electron chi connectivity index (χ1n) is 8.34. The van der Waals surface area contributed by atoms with E-state index in [4.69, 9.17) is 5.73 Å². The van der Waals surface area contributed by atoms with E-state index in [2.05, 4.69) is 36.2 Å². The molecule has 2 aromatic heterocycles. The summed E-state index contributed by atoms with van der Waals surface area (Å²) < 4.78 is 2.06. The molecular weight excluding hydrogens is 290 g/mol. The quantitative estimate of drug-likeness (QED) is 0.888. The second-order valence-electron chi connectivity index (χ2n) is 6.48. The lowest BCUT2D eigenvalue weighted by Gasteiger charge is -2.25. The van der Waals surface area contributed by atoms with Crippen molar-refractivity contribution < 1.29 is 0 Å². The average Bonchev–Trinajstić information content (AvgIpc) is 3.14. The summed E-state index contributed by atoms with van der Waals surface area (Å²) in [6, 6.07) is 3.09. The summed E-state index contributed by atoms with van der Waals surface area (Å²) in [5.41, 5.74) is 7.81. The molecule has 23 heavy (non-hydrogen) atoms. The zero-order valence-corrected chi connectivity index (χ0v) is 13.4. The largest absolute Gasteiger partial charge is 0.368 e. The minimum atomic E-state index is 0.321. The van der Waals surface area contributed by atoms with Crippen molar-refractivity contribution in [2.75, 3.05) is 30.8 Å². The van der Waals surface area contributed by atoms with Crippen LogP contribution in [0.4, 0.5) is 11.8 Å². The summed E-state index contributed by atoms with van der Waals surface area (Å²) in [7, 11) is 2.00. The van der Waals surface area contributed by atoms with Crippen molar-refractivity contribution in [1.82, 2.24) is 25.1 Å². The van der Waals surface area contributed by atoms with E-state index < -0.39 is 0 Å². The van der Waals surface area contributed by atoms with Gasteiger partial charge in [-0.2, -0.15) is 10.1 Å². The summed E-state index contributed by atoms with van der Waals surface area (Å²) in [4.78, 5) is 11.1. The SMILES string of the molecule is CN[C@@H]1CCN(c2cc(-c3cnn(C4CCC4)c3)nc(N)n2)C1. The van der Waals surface area contributed by atoms with Crippen molar-refractivity contribution in [2.24, 2.45) is 0 Å². The molecule has 1 saturated heterocycles. The topological polar surface area (TPSA) is 84.9 Å². The molecule has 122 valence electrons. The van der Waals surface area contributed by atoms with Crippen LogP contribution in [0.15, 0.2) is 18.5 Å². The predicted octanol–water partition coefficient (Wildman–Crippen LogP) is 1.45. The van der Waals surface area contributed by atoms with E-state index in [-0.39, 0.29) is 0 Å². The highest BCUT2D eigenvalue weighted by Gasteiger charge is 2.24. The molecule has 0 bridgehead atoms. The number of nitrogens with one attached hydrogen (secondary N) is 1. The number of hydrogen-bond donors (Lipinski definition) is 2. The molecule has 0 spiro atoms. The monoisotopic (exact) mass is 313 g/mol. The Bertz CT molecular complexity index is 691. The first kappa shape index (κ1) is 14.4. The Kier molecular flexibility index (Phi) is 3.65. The van der Waals surface area contributed by atoms with E-state index in [0.717, 1.165) is 36.6 Å². The summed E-state index contributed by atoms with van der Waals surface area (Å²) >= 11 is 0. The van der Waals surface area contributed by atoms with Gasteiger partial charge < -0.3 is 16.0 Å². The molecule has 0 radical (unpaired) electrons. The molecule has 0 unspecified atom stereocenters. The Labute approximate surface area is 135 Å². The van der Waals surface area contributed by atoms with E-state index >= 15 is 0 Å². The zero-order chi connectivity index (χ0) is 15.8. The van der Waals surface area contributed by atoms with Gasteiger partial charge in [0.25, 0.3) is 0 Å². The Morgan fingerprint density at radius 2 is 2.13 bits per heavy atom. The highest BCUT2D eigenvalue weighted by atomic mass is 15.3. The van der Waals surface area contributed by atoms with Crippen molar-refractivity contribution in [1.29, 1.82) is 0 Å². The molecule has 7 nitrogen and oxygen atoms in total. The highest BCUT2D eigenvalue weighted by Crippen LogP contribution is 2.32. The van der Waals surface area contributed by atoms with Crippen LogP contribution in [0.2, 0.25) is 0 Å². The van der Waals surface area contributed by atoms with Crippen LogP contribution in [0.1, 0.15) is 31.7 Å². The van der Waals surface area contributed by atoms with Gasteiger partial charge in [0.05, 0.1) is 17.9 Å². The van der Waals surface area contributed by atoms with Crippen molar-refractivity contribution >= 4 is 11.8 Å². The first-order valence-corrected chi connectivity index (χ1v) is 8.34. The van der Waals surface area contributed by atoms with Crippen LogP contribution in [0.3, 0.4) is 0 Å². The van der Waals surface area contributed by atoms with Gasteiger partial charge in [-0.25, -0.2) is 4.98 Å². The number of hydrogen-bond acceptors (Lipinski definition) is 6. The van der Waals surface area contributed by atoms with Crippen LogP contribution in [0.25, 0.3) is 11.3 Å². The van der Waals surface area contributed by atoms with Crippen molar-refractivity contribution in [3.8, 4) is 11.3 Å². The molecule has 1 aliphatic carbocycles. The Balaban J connectivity index is 1.60. The van der Waals surface area contributed by atoms with E-state index in [1.54, 1.807) is 0 Å². The number of nitrogen functional groups attached to an aromatic ring is 1. The maximum Gasteiger partial charge on any atom is 0.222 e. The molecular formula is C16H23N7. The van der Waals surface area contributed by atoms with Crippen LogP contribution >= 0.6 is 0 Å². The molecule has 4 rings (SSSR count). The summed E-state index contributed by atoms with van der Waals surface area (Å²) in [6.07, 6.45) is 8.82. The van der Waals surface area contributed by atoms with E-state index in [0.29, 0.717) is 18.0 Å². The van der Waals surface area contributed by atoms with Gasteiger partial charge in [-0.3, -0.25) is 4.68 Å². The highest BCUT2D eigenvalue weighted by molar-refractivity contribution is 5.63. The molecule has 3 heterocycles. The number of nitrogens with two attached hydrogens (primary N) is 1. The van der Waals surface area contributed by atoms with Crippen LogP contribution < -0.4 is 16.0 Å². The fraction of sp³-hybridized carbons (Fsp3) is 0.562. The van der Waals surface area contributed by atoms with Gasteiger partial charge in [-0.1, -0.05) is 0 Å². The Hall–Kier alpha value is -2.15. The lowest BCUT2D eigenvalue weighted by Crippen LogP contribution is -2.30. The minimum absolute atomic E-state index is 0.321. The van der Waals surface area contributed by atoms with Gasteiger partial charge in [0.1, 0.15) is 5.82 Å². The minimum Gasteiger partial charge on any atom is -0.368 e.